The Labute approximate surface area is 651 Å². The van der Waals surface area contributed by atoms with E-state index in [-0.39, 0.29) is 49.4 Å². The summed E-state index contributed by atoms with van der Waals surface area (Å²) in [6.45, 7) is 8.02. The molecule has 37 atom stereocenters. The van der Waals surface area contributed by atoms with Gasteiger partial charge in [0.25, 0.3) is 0 Å². The third kappa shape index (κ3) is 15.3. The molecule has 0 aromatic heterocycles. The SMILES string of the molecule is COc1cc(/C=C/C(=O)O[C@@H]2[C@H](O)[C@@H](O[C@@H]3O[C@@H](C)[C@H](O[C@@H]4OC[C@@H](O[C@@H]5O[C@H](CO)[C@H](O)[C@H](O)[C@H]5O)[C@H](O)[C@H]4O)[C@@H](O[C@@H]4OC[C@](O)(CO)[C@H]4O)[C@H]3O)[C@H](OC(=O)[C@]34CCC(C)(C)C[C@H]3C3=CC[C@@H]5[C@@]6(C)C[C@H](O)[C@H](O[C@@H]7O[C@H](CO)[C@@H](O)[C@H](O)[C@H]7O)[C@@](C)(C(=O)O)[C@@H]6CC[C@@]5(C)[C@]3(CO)CC4)O[C@@H]2C)cc(OC)c1OC. The highest BCUT2D eigenvalue weighted by Crippen LogP contribution is 2.76. The fourth-order valence-corrected chi connectivity index (χ4v) is 20.7. The van der Waals surface area contributed by atoms with Crippen molar-refractivity contribution in [2.45, 2.75) is 284 Å². The van der Waals surface area contributed by atoms with Crippen LogP contribution in [0.15, 0.2) is 29.9 Å². The van der Waals surface area contributed by atoms with Crippen molar-refractivity contribution in [3.63, 3.8) is 0 Å². The summed E-state index contributed by atoms with van der Waals surface area (Å²) in [6.07, 6.45) is -43.5. The number of fused-ring (bicyclic) bond motifs is 7. The van der Waals surface area contributed by atoms with Gasteiger partial charge in [0.2, 0.25) is 12.0 Å². The molecular formula is C76H114O37. The van der Waals surface area contributed by atoms with Crippen molar-refractivity contribution < 1.29 is 182 Å². The van der Waals surface area contributed by atoms with Crippen molar-refractivity contribution in [1.82, 2.24) is 0 Å². The summed E-state index contributed by atoms with van der Waals surface area (Å²) in [6, 6.07) is 3.10. The third-order valence-corrected chi connectivity index (χ3v) is 27.3. The van der Waals surface area contributed by atoms with Crippen molar-refractivity contribution in [2.24, 2.45) is 50.2 Å². The first-order valence-corrected chi connectivity index (χ1v) is 38.6. The minimum atomic E-state index is -2.32. The third-order valence-electron chi connectivity index (χ3n) is 27.3. The molecule has 0 bridgehead atoms. The lowest BCUT2D eigenvalue weighted by Crippen LogP contribution is -2.71. The fourth-order valence-electron chi connectivity index (χ4n) is 20.7. The average Bonchev–Trinajstić information content (AvgIpc) is 0.898. The van der Waals surface area contributed by atoms with Gasteiger partial charge < -0.3 is 168 Å². The molecule has 5 aliphatic carbocycles. The molecule has 1 aromatic rings. The van der Waals surface area contributed by atoms with Crippen LogP contribution in [0.5, 0.6) is 17.2 Å². The Kier molecular flexibility index (Phi) is 26.0. The Morgan fingerprint density at radius 3 is 1.72 bits per heavy atom. The number of carbonyl (C=O) groups is 3. The molecule has 113 heavy (non-hydrogen) atoms. The van der Waals surface area contributed by atoms with Gasteiger partial charge in [-0.15, -0.1) is 0 Å². The summed E-state index contributed by atoms with van der Waals surface area (Å²) < 4.78 is 95.6. The minimum Gasteiger partial charge on any atom is -0.493 e. The number of hydrogen-bond donors (Lipinski definition) is 18. The van der Waals surface area contributed by atoms with Crippen LogP contribution >= 0.6 is 0 Å². The molecule has 0 radical (unpaired) electrons. The number of hydrogen-bond acceptors (Lipinski definition) is 36. The van der Waals surface area contributed by atoms with Crippen LogP contribution in [0.25, 0.3) is 6.08 Å². The molecule has 1 aromatic carbocycles. The monoisotopic (exact) mass is 1620 g/mol. The predicted octanol–water partition coefficient (Wildman–Crippen LogP) is -3.75. The van der Waals surface area contributed by atoms with Crippen LogP contribution in [-0.4, -0.2) is 348 Å². The minimum absolute atomic E-state index is 0.0273. The Bertz CT molecular complexity index is 3540. The highest BCUT2D eigenvalue weighted by molar-refractivity contribution is 5.87. The molecule has 37 nitrogen and oxygen atoms in total. The number of aliphatic carboxylic acids is 1. The normalized spacial score (nSPS) is 48.4. The van der Waals surface area contributed by atoms with Crippen molar-refractivity contribution in [2.75, 3.05) is 61.0 Å². The van der Waals surface area contributed by atoms with Gasteiger partial charge in [0, 0.05) is 11.5 Å². The van der Waals surface area contributed by atoms with E-state index in [9.17, 15) is 102 Å². The molecule has 12 rings (SSSR count). The number of allylic oxidation sites excluding steroid dienone is 1. The van der Waals surface area contributed by atoms with E-state index in [1.165, 1.54) is 48.2 Å². The molecule has 4 saturated carbocycles. The van der Waals surface area contributed by atoms with Gasteiger partial charge in [-0.3, -0.25) is 9.59 Å². The maximum Gasteiger partial charge on any atom is 0.331 e. The van der Waals surface area contributed by atoms with Gasteiger partial charge in [-0.25, -0.2) is 4.79 Å². The molecule has 640 valence electrons. The summed E-state index contributed by atoms with van der Waals surface area (Å²) in [4.78, 5) is 44.3. The standard InChI is InChI=1S/C76H114O37/c1-31-55(108-44(82)14-11-33-21-37(98-8)57(100-10)38(22-33)99-9)53(91)59(111-65-54(92)58(110-67-60(93)76(97,29-80)30-102-67)56(32(2)103-65)109-62-50(88)47(85)41(27-101-62)107-63-51(89)48(86)45(83)39(25-77)105-63)66(104-31)113-69(96)74-18-17-70(3,4)23-35(74)34-12-13-42-71(5)24-36(81)61(112-64-52(90)49(87)46(84)40(26-78)106-64)73(7,68(94)95)43(71)15-16-72(42,6)75(34,28-79)20-19-74/h11-12,14,21-22,31-32,35-36,39-43,45-56,58-67,77-81,83-93,97H,13,15-20,23-30H2,1-10H3,(H,94,95)/b14-11+/t31-,32+,35+,36+,39-,40-,41-,42-,43-,45+,46-,47+,48+,49+,50-,51-,52-,53+,54-,55+,56+,58+,59-,60+,61+,62+,63+,64+,65+,66+,67+,71-,72-,73+,74+,75+,76-/m1/s1. The number of esters is 2. The zero-order valence-electron chi connectivity index (χ0n) is 64.7. The van der Waals surface area contributed by atoms with E-state index in [1.54, 1.807) is 12.1 Å². The van der Waals surface area contributed by atoms with Gasteiger partial charge in [-0.05, 0) is 136 Å². The van der Waals surface area contributed by atoms with Crippen LogP contribution in [-0.2, 0) is 76.0 Å². The lowest BCUT2D eigenvalue weighted by Gasteiger charge is -2.71. The van der Waals surface area contributed by atoms with Crippen LogP contribution in [0.1, 0.15) is 112 Å². The second kappa shape index (κ2) is 33.5. The maximum absolute atomic E-state index is 16.2. The van der Waals surface area contributed by atoms with Gasteiger partial charge >= 0.3 is 17.9 Å². The van der Waals surface area contributed by atoms with Crippen molar-refractivity contribution in [3.8, 4) is 17.2 Å². The smallest absolute Gasteiger partial charge is 0.331 e. The molecule has 10 fully saturated rings. The van der Waals surface area contributed by atoms with Crippen LogP contribution in [0, 0.1) is 50.2 Å². The van der Waals surface area contributed by atoms with E-state index < -0.39 is 285 Å². The summed E-state index contributed by atoms with van der Waals surface area (Å²) in [7, 11) is 4.21. The number of carboxylic acids is 1. The van der Waals surface area contributed by atoms with Gasteiger partial charge in [0.15, 0.2) is 55.2 Å². The van der Waals surface area contributed by atoms with E-state index >= 15 is 4.79 Å². The zero-order valence-corrected chi connectivity index (χ0v) is 64.7. The largest absolute Gasteiger partial charge is 0.493 e. The maximum atomic E-state index is 16.2. The van der Waals surface area contributed by atoms with Crippen molar-refractivity contribution in [3.05, 3.63) is 35.4 Å². The Morgan fingerprint density at radius 1 is 0.558 bits per heavy atom. The Morgan fingerprint density at radius 2 is 1.13 bits per heavy atom. The summed E-state index contributed by atoms with van der Waals surface area (Å²) in [5, 5.41) is 201. The lowest BCUT2D eigenvalue weighted by molar-refractivity contribution is -0.388. The zero-order chi connectivity index (χ0) is 82.5. The summed E-state index contributed by atoms with van der Waals surface area (Å²) in [5.74, 6) is -4.24. The van der Waals surface area contributed by atoms with Gasteiger partial charge in [0.05, 0.1) is 90.1 Å². The van der Waals surface area contributed by atoms with Crippen LogP contribution in [0.4, 0.5) is 0 Å². The molecule has 11 aliphatic rings. The number of carbonyl (C=O) groups excluding carboxylic acids is 2. The second-order valence-electron chi connectivity index (χ2n) is 34.1. The lowest BCUT2D eigenvalue weighted by atomic mass is 9.33. The van der Waals surface area contributed by atoms with Crippen LogP contribution < -0.4 is 14.2 Å². The number of aliphatic hydroxyl groups is 17. The number of benzene rings is 1. The van der Waals surface area contributed by atoms with Crippen molar-refractivity contribution in [1.29, 1.82) is 0 Å². The average molecular weight is 1620 g/mol. The molecule has 0 unspecified atom stereocenters. The topological polar surface area (TPSA) is 563 Å². The fraction of sp³-hybridized carbons (Fsp3) is 0.829. The van der Waals surface area contributed by atoms with Gasteiger partial charge in [0.1, 0.15) is 109 Å². The van der Waals surface area contributed by atoms with Gasteiger partial charge in [-0.1, -0.05) is 39.3 Å². The van der Waals surface area contributed by atoms with E-state index in [0.717, 1.165) is 11.6 Å². The number of methoxy groups -OCH3 is 3. The summed E-state index contributed by atoms with van der Waals surface area (Å²) >= 11 is 0. The number of rotatable bonds is 23. The van der Waals surface area contributed by atoms with Crippen molar-refractivity contribution >= 4 is 24.0 Å². The number of aliphatic hydroxyl groups excluding tert-OH is 16. The van der Waals surface area contributed by atoms with Gasteiger partial charge in [-0.2, -0.15) is 0 Å². The van der Waals surface area contributed by atoms with E-state index in [0.29, 0.717) is 31.2 Å². The molecule has 37 heteroatoms. The predicted molar refractivity (Wildman–Crippen MR) is 377 cm³/mol. The van der Waals surface area contributed by atoms with Crippen LogP contribution in [0.3, 0.4) is 0 Å². The summed E-state index contributed by atoms with van der Waals surface area (Å²) in [5.41, 5.74) is -7.82. The number of carboxylic acid groups (broad SMARTS) is 1. The van der Waals surface area contributed by atoms with Crippen LogP contribution in [0.2, 0.25) is 0 Å². The first-order valence-electron chi connectivity index (χ1n) is 38.6. The molecular weight excluding hydrogens is 1500 g/mol. The van der Waals surface area contributed by atoms with E-state index in [4.69, 9.17) is 75.8 Å². The second-order valence-corrected chi connectivity index (χ2v) is 34.1. The van der Waals surface area contributed by atoms with E-state index in [1.807, 2.05) is 13.0 Å². The molecule has 6 aliphatic heterocycles. The molecule has 18 N–H and O–H groups in total. The molecule has 6 saturated heterocycles. The first-order chi connectivity index (χ1) is 53.3. The highest BCUT2D eigenvalue weighted by Gasteiger charge is 2.74. The van der Waals surface area contributed by atoms with E-state index in [2.05, 4.69) is 20.8 Å². The molecule has 0 spiro atoms. The quantitative estimate of drug-likeness (QED) is 0.0217. The number of ether oxygens (including phenoxy) is 16. The highest BCUT2D eigenvalue weighted by atomic mass is 16.8. The Hall–Kier alpha value is -4.61. The Balaban J connectivity index is 0.848. The molecule has 6 heterocycles. The molecule has 0 amide bonds. The first kappa shape index (κ1) is 87.7.